The van der Waals surface area contributed by atoms with E-state index in [-0.39, 0.29) is 5.03 Å². The summed E-state index contributed by atoms with van der Waals surface area (Å²) < 4.78 is 1.55. The highest BCUT2D eigenvalue weighted by Crippen LogP contribution is 2.03. The summed E-state index contributed by atoms with van der Waals surface area (Å²) in [5.74, 6) is -0.144. The van der Waals surface area contributed by atoms with Crippen LogP contribution in [-0.2, 0) is 11.8 Å². The Kier molecular flexibility index (Phi) is 2.44. The summed E-state index contributed by atoms with van der Waals surface area (Å²) >= 11 is 5.33. The third-order valence-corrected chi connectivity index (χ3v) is 1.35. The minimum atomic E-state index is -0.479. The van der Waals surface area contributed by atoms with Gasteiger partial charge in [0.05, 0.1) is 5.03 Å². The number of rotatable bonds is 2. The van der Waals surface area contributed by atoms with Crippen LogP contribution in [0.4, 0.5) is 5.95 Å². The lowest BCUT2D eigenvalue weighted by Gasteiger charge is -2.00. The maximum absolute atomic E-state index is 10.9. The number of carbonyl (C=O) groups is 1. The highest BCUT2D eigenvalue weighted by Gasteiger charge is 2.07. The van der Waals surface area contributed by atoms with E-state index in [9.17, 15) is 4.79 Å². The fourth-order valence-electron chi connectivity index (χ4n) is 0.566. The second-order valence-electron chi connectivity index (χ2n) is 2.12. The first-order chi connectivity index (χ1) is 5.61. The zero-order chi connectivity index (χ0) is 9.14. The largest absolute Gasteiger partial charge is 0.303 e. The Morgan fingerprint density at radius 2 is 2.50 bits per heavy atom. The Bertz CT molecular complexity index is 319. The molecule has 0 aliphatic carbocycles. The lowest BCUT2D eigenvalue weighted by Crippen LogP contribution is -2.14. The number of amides is 1. The number of aryl methyl sites for hydroxylation is 1. The third-order valence-electron chi connectivity index (χ3n) is 1.18. The zero-order valence-electron chi connectivity index (χ0n) is 6.41. The topological polar surface area (TPSA) is 59.8 Å². The van der Waals surface area contributed by atoms with Crippen LogP contribution in [0.5, 0.6) is 0 Å². The summed E-state index contributed by atoms with van der Waals surface area (Å²) in [5, 5.41) is 9.50. The Balaban J connectivity index is 2.71. The number of anilines is 1. The Labute approximate surface area is 74.0 Å². The van der Waals surface area contributed by atoms with Crippen molar-refractivity contribution in [2.75, 3.05) is 5.32 Å². The van der Waals surface area contributed by atoms with Crippen molar-refractivity contribution >= 4 is 23.5 Å². The van der Waals surface area contributed by atoms with Gasteiger partial charge >= 0.3 is 0 Å². The Morgan fingerprint density at radius 1 is 1.83 bits per heavy atom. The van der Waals surface area contributed by atoms with Crippen LogP contribution >= 0.6 is 11.6 Å². The van der Waals surface area contributed by atoms with Crippen LogP contribution in [-0.4, -0.2) is 20.7 Å². The van der Waals surface area contributed by atoms with Crippen molar-refractivity contribution in [2.45, 2.75) is 0 Å². The first kappa shape index (κ1) is 8.73. The van der Waals surface area contributed by atoms with Gasteiger partial charge in [-0.15, -0.1) is 10.2 Å². The molecule has 1 aromatic rings. The monoisotopic (exact) mass is 186 g/mol. The van der Waals surface area contributed by atoms with Gasteiger partial charge in [0.15, 0.2) is 0 Å². The van der Waals surface area contributed by atoms with E-state index in [1.54, 1.807) is 11.6 Å². The second-order valence-corrected chi connectivity index (χ2v) is 2.58. The predicted octanol–water partition coefficient (Wildman–Crippen LogP) is 0.506. The first-order valence-corrected chi connectivity index (χ1v) is 3.49. The van der Waals surface area contributed by atoms with Gasteiger partial charge in [-0.25, -0.2) is 0 Å². The van der Waals surface area contributed by atoms with Gasteiger partial charge in [-0.1, -0.05) is 18.2 Å². The van der Waals surface area contributed by atoms with Crippen molar-refractivity contribution in [1.82, 2.24) is 14.8 Å². The van der Waals surface area contributed by atoms with Crippen molar-refractivity contribution in [3.05, 3.63) is 17.9 Å². The van der Waals surface area contributed by atoms with E-state index in [0.29, 0.717) is 5.95 Å². The molecule has 0 aromatic carbocycles. The molecule has 0 saturated heterocycles. The molecule has 1 aromatic heterocycles. The minimum Gasteiger partial charge on any atom is -0.303 e. The van der Waals surface area contributed by atoms with Crippen LogP contribution < -0.4 is 5.32 Å². The van der Waals surface area contributed by atoms with Gasteiger partial charge in [0.25, 0.3) is 5.91 Å². The molecule has 12 heavy (non-hydrogen) atoms. The van der Waals surface area contributed by atoms with Crippen LogP contribution in [0, 0.1) is 0 Å². The van der Waals surface area contributed by atoms with Crippen LogP contribution in [0.1, 0.15) is 0 Å². The normalized spacial score (nSPS) is 9.50. The fraction of sp³-hybridized carbons (Fsp3) is 0.167. The molecule has 1 amide bonds. The van der Waals surface area contributed by atoms with Gasteiger partial charge in [-0.05, 0) is 0 Å². The quantitative estimate of drug-likeness (QED) is 0.685. The maximum atomic E-state index is 10.9. The molecule has 0 spiro atoms. The second kappa shape index (κ2) is 3.36. The third kappa shape index (κ3) is 1.82. The molecule has 0 saturated carbocycles. The van der Waals surface area contributed by atoms with Gasteiger partial charge in [0.1, 0.15) is 6.33 Å². The molecule has 0 unspecified atom stereocenters. The van der Waals surface area contributed by atoms with E-state index in [1.807, 2.05) is 0 Å². The summed E-state index contributed by atoms with van der Waals surface area (Å²) in [6.07, 6.45) is 1.46. The average Bonchev–Trinajstić information content (AvgIpc) is 2.36. The molecular formula is C6H7ClN4O. The number of nitrogens with zero attached hydrogens (tertiary/aromatic N) is 3. The highest BCUT2D eigenvalue weighted by molar-refractivity contribution is 6.43. The Hall–Kier alpha value is -1.36. The minimum absolute atomic E-state index is 0.0852. The van der Waals surface area contributed by atoms with Crippen molar-refractivity contribution < 1.29 is 4.79 Å². The first-order valence-electron chi connectivity index (χ1n) is 3.11. The average molecular weight is 187 g/mol. The van der Waals surface area contributed by atoms with Crippen LogP contribution in [0.2, 0.25) is 0 Å². The van der Waals surface area contributed by atoms with Crippen LogP contribution in [0.15, 0.2) is 17.9 Å². The molecule has 1 rings (SSSR count). The van der Waals surface area contributed by atoms with Crippen molar-refractivity contribution in [2.24, 2.45) is 7.05 Å². The standard InChI is InChI=1S/C6H7ClN4O/c1-4(7)5(12)9-6-10-8-3-11(6)2/h3H,1H2,2H3,(H,9,10,12). The molecule has 0 atom stereocenters. The summed E-state index contributed by atoms with van der Waals surface area (Å²) in [4.78, 5) is 10.9. The van der Waals surface area contributed by atoms with Crippen molar-refractivity contribution in [3.8, 4) is 0 Å². The SMILES string of the molecule is C=C(Cl)C(=O)Nc1nncn1C. The molecule has 5 nitrogen and oxygen atoms in total. The molecule has 0 aliphatic rings. The maximum Gasteiger partial charge on any atom is 0.268 e. The van der Waals surface area contributed by atoms with Crippen LogP contribution in [0.25, 0.3) is 0 Å². The summed E-state index contributed by atoms with van der Waals surface area (Å²) in [7, 11) is 1.70. The summed E-state index contributed by atoms with van der Waals surface area (Å²) in [6, 6.07) is 0. The number of aromatic nitrogens is 3. The summed E-state index contributed by atoms with van der Waals surface area (Å²) in [6.45, 7) is 3.26. The van der Waals surface area contributed by atoms with Crippen LogP contribution in [0.3, 0.4) is 0 Å². The molecule has 6 heteroatoms. The number of carbonyl (C=O) groups excluding carboxylic acids is 1. The number of hydrogen-bond donors (Lipinski definition) is 1. The van der Waals surface area contributed by atoms with E-state index in [0.717, 1.165) is 0 Å². The smallest absolute Gasteiger partial charge is 0.268 e. The molecule has 0 radical (unpaired) electrons. The van der Waals surface area contributed by atoms with Gasteiger partial charge in [-0.3, -0.25) is 10.1 Å². The van der Waals surface area contributed by atoms with Gasteiger partial charge in [0, 0.05) is 7.05 Å². The molecular weight excluding hydrogens is 180 g/mol. The molecule has 0 aliphatic heterocycles. The van der Waals surface area contributed by atoms with Gasteiger partial charge in [-0.2, -0.15) is 0 Å². The highest BCUT2D eigenvalue weighted by atomic mass is 35.5. The molecule has 1 heterocycles. The van der Waals surface area contributed by atoms with Crippen molar-refractivity contribution in [1.29, 1.82) is 0 Å². The van der Waals surface area contributed by atoms with Crippen molar-refractivity contribution in [3.63, 3.8) is 0 Å². The zero-order valence-corrected chi connectivity index (χ0v) is 7.17. The van der Waals surface area contributed by atoms with E-state index in [1.165, 1.54) is 6.33 Å². The lowest BCUT2D eigenvalue weighted by atomic mass is 10.6. The fourth-order valence-corrected chi connectivity index (χ4v) is 0.613. The number of halogens is 1. The van der Waals surface area contributed by atoms with E-state index < -0.39 is 5.91 Å². The number of hydrogen-bond acceptors (Lipinski definition) is 3. The van der Waals surface area contributed by atoms with E-state index in [2.05, 4.69) is 22.1 Å². The Morgan fingerprint density at radius 3 is 2.92 bits per heavy atom. The predicted molar refractivity (Wildman–Crippen MR) is 44.6 cm³/mol. The molecule has 64 valence electrons. The molecule has 0 bridgehead atoms. The van der Waals surface area contributed by atoms with E-state index >= 15 is 0 Å². The number of nitrogens with one attached hydrogen (secondary N) is 1. The van der Waals surface area contributed by atoms with Gasteiger partial charge in [0.2, 0.25) is 5.95 Å². The van der Waals surface area contributed by atoms with E-state index in [4.69, 9.17) is 11.6 Å². The lowest BCUT2D eigenvalue weighted by molar-refractivity contribution is -0.112. The van der Waals surface area contributed by atoms with Gasteiger partial charge < -0.3 is 4.57 Å². The summed E-state index contributed by atoms with van der Waals surface area (Å²) in [5.41, 5.74) is 0. The molecule has 1 N–H and O–H groups in total. The molecule has 0 fully saturated rings.